The van der Waals surface area contributed by atoms with E-state index >= 15 is 0 Å². The number of anilines is 1. The summed E-state index contributed by atoms with van der Waals surface area (Å²) < 4.78 is 1.33. The Morgan fingerprint density at radius 2 is 2.07 bits per heavy atom. The smallest absolute Gasteiger partial charge is 0.269 e. The molecule has 9 heteroatoms. The summed E-state index contributed by atoms with van der Waals surface area (Å²) in [6.45, 7) is -0.139. The lowest BCUT2D eigenvalue weighted by molar-refractivity contribution is -0.384. The maximum Gasteiger partial charge on any atom is 0.269 e. The zero-order valence-corrected chi connectivity index (χ0v) is 15.4. The van der Waals surface area contributed by atoms with Crippen molar-refractivity contribution in [1.82, 2.24) is 9.55 Å². The van der Waals surface area contributed by atoms with E-state index in [9.17, 15) is 19.7 Å². The number of hydrogen-bond donors (Lipinski definition) is 0. The fraction of sp³-hybridized carbons (Fsp3) is 0.278. The van der Waals surface area contributed by atoms with E-state index in [1.165, 1.54) is 44.9 Å². The lowest BCUT2D eigenvalue weighted by Crippen LogP contribution is -2.34. The monoisotopic (exact) mass is 384 g/mol. The molecule has 1 aliphatic rings. The molecule has 0 N–H and O–H groups in total. The molecule has 3 aromatic rings. The Hall–Kier alpha value is -3.07. The number of nitrogens with zero attached hydrogens (tertiary/aromatic N) is 4. The first-order valence-corrected chi connectivity index (χ1v) is 9.28. The van der Waals surface area contributed by atoms with E-state index in [0.29, 0.717) is 11.1 Å². The summed E-state index contributed by atoms with van der Waals surface area (Å²) in [6, 6.07) is 5.69. The summed E-state index contributed by atoms with van der Waals surface area (Å²) in [5, 5.41) is 11.4. The molecule has 0 atom stereocenters. The zero-order valence-electron chi connectivity index (χ0n) is 14.5. The average Bonchev–Trinajstić information content (AvgIpc) is 3.24. The summed E-state index contributed by atoms with van der Waals surface area (Å²) in [5.74, 6) is -0.307. The molecule has 0 fully saturated rings. The number of likely N-dealkylation sites (N-methyl/N-ethyl adjacent to an activating group) is 1. The fourth-order valence-electron chi connectivity index (χ4n) is 3.33. The first-order chi connectivity index (χ1) is 13.0. The predicted molar refractivity (Wildman–Crippen MR) is 102 cm³/mol. The Bertz CT molecular complexity index is 1120. The highest BCUT2D eigenvalue weighted by atomic mass is 32.1. The number of benzene rings is 1. The normalized spacial score (nSPS) is 12.9. The highest BCUT2D eigenvalue weighted by Gasteiger charge is 2.22. The van der Waals surface area contributed by atoms with Gasteiger partial charge in [-0.05, 0) is 37.0 Å². The number of amides is 1. The van der Waals surface area contributed by atoms with Crippen molar-refractivity contribution in [1.29, 1.82) is 0 Å². The maximum atomic E-state index is 12.8. The van der Waals surface area contributed by atoms with Crippen LogP contribution in [-0.4, -0.2) is 27.4 Å². The van der Waals surface area contributed by atoms with Gasteiger partial charge in [0.15, 0.2) is 0 Å². The Labute approximate surface area is 157 Å². The van der Waals surface area contributed by atoms with Gasteiger partial charge >= 0.3 is 0 Å². The van der Waals surface area contributed by atoms with Crippen molar-refractivity contribution in [3.05, 3.63) is 61.5 Å². The number of nitro groups is 1. The minimum atomic E-state index is -0.495. The number of aryl methyl sites for hydroxylation is 2. The lowest BCUT2D eigenvalue weighted by Gasteiger charge is -2.17. The van der Waals surface area contributed by atoms with Crippen molar-refractivity contribution >= 4 is 38.8 Å². The zero-order chi connectivity index (χ0) is 19.1. The van der Waals surface area contributed by atoms with Gasteiger partial charge in [-0.15, -0.1) is 11.3 Å². The quantitative estimate of drug-likeness (QED) is 0.508. The number of aromatic nitrogens is 2. The Morgan fingerprint density at radius 1 is 1.33 bits per heavy atom. The molecule has 8 nitrogen and oxygen atoms in total. The van der Waals surface area contributed by atoms with Crippen LogP contribution in [0.1, 0.15) is 16.9 Å². The van der Waals surface area contributed by atoms with E-state index in [2.05, 4.69) is 4.98 Å². The highest BCUT2D eigenvalue weighted by molar-refractivity contribution is 7.18. The standard InChI is InChI=1S/C18H16N4O4S/c1-20(11-5-7-12(8-6-11)22(25)26)15(23)9-21-10-19-17-16(18(21)24)13-3-2-4-14(13)27-17/h5-8,10H,2-4,9H2,1H3. The minimum Gasteiger partial charge on any atom is -0.314 e. The van der Waals surface area contributed by atoms with Gasteiger partial charge < -0.3 is 4.90 Å². The number of fused-ring (bicyclic) bond motifs is 3. The third-order valence-electron chi connectivity index (χ3n) is 4.82. The van der Waals surface area contributed by atoms with Crippen molar-refractivity contribution in [2.75, 3.05) is 11.9 Å². The summed E-state index contributed by atoms with van der Waals surface area (Å²) in [6.07, 6.45) is 4.33. The maximum absolute atomic E-state index is 12.8. The summed E-state index contributed by atoms with van der Waals surface area (Å²) in [4.78, 5) is 43.4. The second kappa shape index (κ2) is 6.58. The van der Waals surface area contributed by atoms with E-state index in [1.54, 1.807) is 18.4 Å². The molecular weight excluding hydrogens is 368 g/mol. The number of carbonyl (C=O) groups is 1. The topological polar surface area (TPSA) is 98.3 Å². The number of thiophene rings is 1. The average molecular weight is 384 g/mol. The molecular formula is C18H16N4O4S. The molecule has 1 amide bonds. The third-order valence-corrected chi connectivity index (χ3v) is 6.02. The molecule has 1 aromatic carbocycles. The lowest BCUT2D eigenvalue weighted by atomic mass is 10.2. The molecule has 1 aliphatic carbocycles. The molecule has 0 saturated heterocycles. The van der Waals surface area contributed by atoms with E-state index in [4.69, 9.17) is 0 Å². The number of hydrogen-bond acceptors (Lipinski definition) is 6. The summed E-state index contributed by atoms with van der Waals surface area (Å²) in [7, 11) is 1.57. The Morgan fingerprint density at radius 3 is 2.78 bits per heavy atom. The second-order valence-electron chi connectivity index (χ2n) is 6.44. The molecule has 138 valence electrons. The first kappa shape index (κ1) is 17.3. The summed E-state index contributed by atoms with van der Waals surface area (Å²) in [5.41, 5.74) is 1.36. The van der Waals surface area contributed by atoms with Gasteiger partial charge in [-0.1, -0.05) is 0 Å². The van der Waals surface area contributed by atoms with Crippen molar-refractivity contribution in [2.24, 2.45) is 0 Å². The molecule has 2 heterocycles. The van der Waals surface area contributed by atoms with E-state index in [-0.39, 0.29) is 23.7 Å². The SMILES string of the molecule is CN(C(=O)Cn1cnc2sc3c(c2c1=O)CCC3)c1ccc([N+](=O)[O-])cc1. The van der Waals surface area contributed by atoms with Gasteiger partial charge in [-0.25, -0.2) is 4.98 Å². The van der Waals surface area contributed by atoms with Crippen molar-refractivity contribution < 1.29 is 9.72 Å². The molecule has 0 saturated carbocycles. The Balaban J connectivity index is 1.60. The van der Waals surface area contributed by atoms with Gasteiger partial charge in [0.25, 0.3) is 11.2 Å². The number of non-ortho nitro benzene ring substituents is 1. The molecule has 0 aliphatic heterocycles. The van der Waals surface area contributed by atoms with Crippen LogP contribution >= 0.6 is 11.3 Å². The van der Waals surface area contributed by atoms with E-state index < -0.39 is 4.92 Å². The molecule has 0 unspecified atom stereocenters. The van der Waals surface area contributed by atoms with Crippen LogP contribution in [0.5, 0.6) is 0 Å². The second-order valence-corrected chi connectivity index (χ2v) is 7.53. The van der Waals surface area contributed by atoms with Gasteiger partial charge in [0, 0.05) is 29.7 Å². The van der Waals surface area contributed by atoms with Crippen LogP contribution in [0.4, 0.5) is 11.4 Å². The third kappa shape index (κ3) is 2.99. The number of carbonyl (C=O) groups excluding carboxylic acids is 1. The highest BCUT2D eigenvalue weighted by Crippen LogP contribution is 2.34. The fourth-order valence-corrected chi connectivity index (χ4v) is 4.55. The van der Waals surface area contributed by atoms with E-state index in [1.807, 2.05) is 0 Å². The van der Waals surface area contributed by atoms with Gasteiger partial charge in [-0.2, -0.15) is 0 Å². The number of rotatable bonds is 4. The molecule has 27 heavy (non-hydrogen) atoms. The van der Waals surface area contributed by atoms with Crippen LogP contribution in [-0.2, 0) is 24.2 Å². The summed E-state index contributed by atoms with van der Waals surface area (Å²) >= 11 is 1.56. The minimum absolute atomic E-state index is 0.0446. The van der Waals surface area contributed by atoms with Crippen LogP contribution in [0.15, 0.2) is 35.4 Å². The van der Waals surface area contributed by atoms with Crippen molar-refractivity contribution in [2.45, 2.75) is 25.8 Å². The largest absolute Gasteiger partial charge is 0.314 e. The van der Waals surface area contributed by atoms with E-state index in [0.717, 1.165) is 29.7 Å². The molecule has 4 rings (SSSR count). The van der Waals surface area contributed by atoms with Crippen LogP contribution < -0.4 is 10.5 Å². The van der Waals surface area contributed by atoms with Crippen LogP contribution in [0.2, 0.25) is 0 Å². The Kier molecular flexibility index (Phi) is 4.23. The molecule has 2 aromatic heterocycles. The van der Waals surface area contributed by atoms with Crippen LogP contribution in [0.25, 0.3) is 10.2 Å². The van der Waals surface area contributed by atoms with Gasteiger partial charge in [-0.3, -0.25) is 24.3 Å². The van der Waals surface area contributed by atoms with Gasteiger partial charge in [0.05, 0.1) is 16.6 Å². The number of nitro benzene ring substituents is 1. The van der Waals surface area contributed by atoms with Gasteiger partial charge in [0.1, 0.15) is 11.4 Å². The van der Waals surface area contributed by atoms with Crippen LogP contribution in [0, 0.1) is 10.1 Å². The van der Waals surface area contributed by atoms with Gasteiger partial charge in [0.2, 0.25) is 5.91 Å². The molecule has 0 radical (unpaired) electrons. The van der Waals surface area contributed by atoms with Crippen LogP contribution in [0.3, 0.4) is 0 Å². The predicted octanol–water partition coefficient (Wildman–Crippen LogP) is 2.52. The molecule has 0 bridgehead atoms. The van der Waals surface area contributed by atoms with Crippen molar-refractivity contribution in [3.63, 3.8) is 0 Å². The first-order valence-electron chi connectivity index (χ1n) is 8.46. The van der Waals surface area contributed by atoms with Crippen molar-refractivity contribution in [3.8, 4) is 0 Å². The molecule has 0 spiro atoms.